The fourth-order valence-corrected chi connectivity index (χ4v) is 2.02. The first-order valence-electron chi connectivity index (χ1n) is 7.47. The zero-order valence-electron chi connectivity index (χ0n) is 12.8. The topological polar surface area (TPSA) is 71.1 Å². The van der Waals surface area contributed by atoms with Crippen molar-refractivity contribution in [3.8, 4) is 0 Å². The molecule has 2 aliphatic heterocycles. The van der Waals surface area contributed by atoms with Gasteiger partial charge in [0.05, 0.1) is 12.2 Å². The summed E-state index contributed by atoms with van der Waals surface area (Å²) in [5, 5.41) is 0. The lowest BCUT2D eigenvalue weighted by atomic mass is 10.2. The van der Waals surface area contributed by atoms with Crippen LogP contribution in [0.4, 0.5) is 0 Å². The highest BCUT2D eigenvalue weighted by Crippen LogP contribution is 2.12. The van der Waals surface area contributed by atoms with E-state index in [0.29, 0.717) is 13.2 Å². The molecule has 2 aliphatic rings. The largest absolute Gasteiger partial charge is 0.460 e. The molecule has 2 unspecified atom stereocenters. The number of rotatable bonds is 6. The highest BCUT2D eigenvalue weighted by atomic mass is 16.6. The number of hydrogen-bond donors (Lipinski definition) is 0. The van der Waals surface area contributed by atoms with Gasteiger partial charge in [-0.2, -0.15) is 0 Å². The summed E-state index contributed by atoms with van der Waals surface area (Å²) in [7, 11) is 0. The predicted molar refractivity (Wildman–Crippen MR) is 80.3 cm³/mol. The maximum atomic E-state index is 10.6. The SMILES string of the molecule is C=CC(=O)OCC1CCCO1.C=CC(=O)OCC1CCCO1. The summed E-state index contributed by atoms with van der Waals surface area (Å²) in [6.45, 7) is 8.89. The summed E-state index contributed by atoms with van der Waals surface area (Å²) in [5.41, 5.74) is 0. The highest BCUT2D eigenvalue weighted by Gasteiger charge is 2.17. The Hall–Kier alpha value is -1.66. The number of ether oxygens (including phenoxy) is 4. The average molecular weight is 312 g/mol. The van der Waals surface area contributed by atoms with Gasteiger partial charge < -0.3 is 18.9 Å². The van der Waals surface area contributed by atoms with E-state index in [9.17, 15) is 9.59 Å². The van der Waals surface area contributed by atoms with Gasteiger partial charge in [0.25, 0.3) is 0 Å². The van der Waals surface area contributed by atoms with Crippen LogP contribution in [0.5, 0.6) is 0 Å². The summed E-state index contributed by atoms with van der Waals surface area (Å²) in [5.74, 6) is -0.749. The molecule has 2 rings (SSSR count). The molecule has 0 aromatic rings. The van der Waals surface area contributed by atoms with E-state index in [1.807, 2.05) is 0 Å². The molecule has 0 N–H and O–H groups in total. The van der Waals surface area contributed by atoms with Gasteiger partial charge in [-0.15, -0.1) is 0 Å². The lowest BCUT2D eigenvalue weighted by molar-refractivity contribution is -0.141. The summed E-state index contributed by atoms with van der Waals surface area (Å²) in [6, 6.07) is 0. The van der Waals surface area contributed by atoms with Crippen molar-refractivity contribution in [1.29, 1.82) is 0 Å². The van der Waals surface area contributed by atoms with E-state index in [1.165, 1.54) is 0 Å². The zero-order valence-corrected chi connectivity index (χ0v) is 12.8. The molecule has 0 aromatic carbocycles. The molecular weight excluding hydrogens is 288 g/mol. The minimum Gasteiger partial charge on any atom is -0.460 e. The van der Waals surface area contributed by atoms with E-state index in [1.54, 1.807) is 0 Å². The first-order chi connectivity index (χ1) is 10.7. The molecule has 6 nitrogen and oxygen atoms in total. The first kappa shape index (κ1) is 18.4. The number of carbonyl (C=O) groups is 2. The molecule has 0 spiro atoms. The van der Waals surface area contributed by atoms with Gasteiger partial charge >= 0.3 is 11.9 Å². The van der Waals surface area contributed by atoms with E-state index in [4.69, 9.17) is 18.9 Å². The highest BCUT2D eigenvalue weighted by molar-refractivity contribution is 5.81. The van der Waals surface area contributed by atoms with E-state index in [-0.39, 0.29) is 24.1 Å². The second-order valence-corrected chi connectivity index (χ2v) is 4.94. The fourth-order valence-electron chi connectivity index (χ4n) is 2.02. The van der Waals surface area contributed by atoms with Gasteiger partial charge in [-0.3, -0.25) is 0 Å². The van der Waals surface area contributed by atoms with Gasteiger partial charge in [-0.1, -0.05) is 13.2 Å². The van der Waals surface area contributed by atoms with Crippen LogP contribution in [0.25, 0.3) is 0 Å². The fraction of sp³-hybridized carbons (Fsp3) is 0.625. The van der Waals surface area contributed by atoms with Crippen LogP contribution < -0.4 is 0 Å². The molecule has 0 aromatic heterocycles. The van der Waals surface area contributed by atoms with Crippen molar-refractivity contribution < 1.29 is 28.5 Å². The molecule has 124 valence electrons. The van der Waals surface area contributed by atoms with Crippen molar-refractivity contribution in [3.63, 3.8) is 0 Å². The average Bonchev–Trinajstić information content (AvgIpc) is 3.24. The van der Waals surface area contributed by atoms with Gasteiger partial charge in [0.2, 0.25) is 0 Å². The number of carbonyl (C=O) groups excluding carboxylic acids is 2. The summed E-state index contributed by atoms with van der Waals surface area (Å²) >= 11 is 0. The Morgan fingerprint density at radius 3 is 1.59 bits per heavy atom. The monoisotopic (exact) mass is 312 g/mol. The molecule has 2 atom stereocenters. The zero-order chi connectivity index (χ0) is 16.2. The van der Waals surface area contributed by atoms with Crippen LogP contribution >= 0.6 is 0 Å². The van der Waals surface area contributed by atoms with Gasteiger partial charge in [-0.25, -0.2) is 9.59 Å². The van der Waals surface area contributed by atoms with Crippen LogP contribution in [0.2, 0.25) is 0 Å². The molecule has 0 bridgehead atoms. The van der Waals surface area contributed by atoms with Gasteiger partial charge in [-0.05, 0) is 25.7 Å². The third-order valence-electron chi connectivity index (χ3n) is 3.20. The van der Waals surface area contributed by atoms with Gasteiger partial charge in [0.15, 0.2) is 0 Å². The molecule has 0 saturated carbocycles. The van der Waals surface area contributed by atoms with Crippen LogP contribution in [0.15, 0.2) is 25.3 Å². The van der Waals surface area contributed by atoms with Crippen molar-refractivity contribution in [2.24, 2.45) is 0 Å². The quantitative estimate of drug-likeness (QED) is 0.550. The van der Waals surface area contributed by atoms with Crippen LogP contribution in [-0.4, -0.2) is 50.6 Å². The Bertz CT molecular complexity index is 331. The minimum atomic E-state index is -0.375. The number of esters is 2. The van der Waals surface area contributed by atoms with Gasteiger partial charge in [0, 0.05) is 25.4 Å². The van der Waals surface area contributed by atoms with Crippen molar-refractivity contribution >= 4 is 11.9 Å². The van der Waals surface area contributed by atoms with Crippen LogP contribution in [0, 0.1) is 0 Å². The Kier molecular flexibility index (Phi) is 9.18. The Labute approximate surface area is 131 Å². The number of hydrogen-bond acceptors (Lipinski definition) is 6. The molecular formula is C16H24O6. The van der Waals surface area contributed by atoms with Crippen LogP contribution in [0.1, 0.15) is 25.7 Å². The molecule has 0 amide bonds. The maximum Gasteiger partial charge on any atom is 0.330 e. The van der Waals surface area contributed by atoms with E-state index >= 15 is 0 Å². The van der Waals surface area contributed by atoms with Crippen molar-refractivity contribution in [1.82, 2.24) is 0 Å². The lowest BCUT2D eigenvalue weighted by Crippen LogP contribution is -2.16. The molecule has 6 heteroatoms. The predicted octanol–water partition coefficient (Wildman–Crippen LogP) is 1.79. The molecule has 2 saturated heterocycles. The summed E-state index contributed by atoms with van der Waals surface area (Å²) < 4.78 is 20.1. The van der Waals surface area contributed by atoms with E-state index < -0.39 is 0 Å². The van der Waals surface area contributed by atoms with Crippen molar-refractivity contribution in [2.75, 3.05) is 26.4 Å². The third-order valence-corrected chi connectivity index (χ3v) is 3.20. The van der Waals surface area contributed by atoms with Crippen LogP contribution in [-0.2, 0) is 28.5 Å². The molecule has 0 aliphatic carbocycles. The standard InChI is InChI=1S/2C8H12O3/c2*1-2-8(9)11-6-7-4-3-5-10-7/h2*2,7H,1,3-6H2. The van der Waals surface area contributed by atoms with E-state index in [2.05, 4.69) is 13.2 Å². The Morgan fingerprint density at radius 2 is 1.32 bits per heavy atom. The smallest absolute Gasteiger partial charge is 0.330 e. The maximum absolute atomic E-state index is 10.6. The molecule has 2 heterocycles. The Balaban J connectivity index is 0.000000220. The molecule has 2 fully saturated rings. The van der Waals surface area contributed by atoms with E-state index in [0.717, 1.165) is 51.0 Å². The first-order valence-corrected chi connectivity index (χ1v) is 7.47. The van der Waals surface area contributed by atoms with Crippen LogP contribution in [0.3, 0.4) is 0 Å². The Morgan fingerprint density at radius 1 is 0.909 bits per heavy atom. The minimum absolute atomic E-state index is 0.110. The summed E-state index contributed by atoms with van der Waals surface area (Å²) in [6.07, 6.45) is 6.66. The molecule has 22 heavy (non-hydrogen) atoms. The summed E-state index contributed by atoms with van der Waals surface area (Å²) in [4.78, 5) is 21.1. The van der Waals surface area contributed by atoms with Gasteiger partial charge in [0.1, 0.15) is 13.2 Å². The van der Waals surface area contributed by atoms with Crippen molar-refractivity contribution in [3.05, 3.63) is 25.3 Å². The lowest BCUT2D eigenvalue weighted by Gasteiger charge is -2.07. The second-order valence-electron chi connectivity index (χ2n) is 4.94. The van der Waals surface area contributed by atoms with Crippen molar-refractivity contribution in [2.45, 2.75) is 37.9 Å². The second kappa shape index (κ2) is 11.0. The third kappa shape index (κ3) is 7.95. The molecule has 0 radical (unpaired) electrons. The normalized spacial score (nSPS) is 23.1.